The first-order valence-electron chi connectivity index (χ1n) is 10.6. The van der Waals surface area contributed by atoms with Crippen molar-refractivity contribution in [2.24, 2.45) is 0 Å². The van der Waals surface area contributed by atoms with Gasteiger partial charge < -0.3 is 14.6 Å². The Morgan fingerprint density at radius 3 is 1.54 bits per heavy atom. The van der Waals surface area contributed by atoms with Gasteiger partial charge in [-0.25, -0.2) is 0 Å². The van der Waals surface area contributed by atoms with Crippen LogP contribution < -0.4 is 4.90 Å². The number of fused-ring (bicyclic) bond motifs is 2. The number of piperidine rings is 1. The average Bonchev–Trinajstić information content (AvgIpc) is 2.92. The van der Waals surface area contributed by atoms with Crippen LogP contribution in [0.5, 0.6) is 0 Å². The topological polar surface area (TPSA) is 23.6 Å². The lowest BCUT2D eigenvalue weighted by atomic mass is 9.95. The molecule has 0 N–H and O–H groups in total. The highest BCUT2D eigenvalue weighted by molar-refractivity contribution is 5.72. The molecule has 2 aliphatic heterocycles. The first-order valence-corrected chi connectivity index (χ1v) is 10.6. The summed E-state index contributed by atoms with van der Waals surface area (Å²) in [7, 11) is 2.31. The number of anilines is 2. The maximum Gasteiger partial charge on any atom is 0.126 e. The van der Waals surface area contributed by atoms with Crippen LogP contribution in [0.3, 0.4) is 0 Å². The molecular weight excluding hydrogens is 344 g/mol. The van der Waals surface area contributed by atoms with E-state index in [2.05, 4.69) is 77.5 Å². The zero-order chi connectivity index (χ0) is 20.5. The van der Waals surface area contributed by atoms with Crippen LogP contribution in [0.15, 0.2) is 60.7 Å². The summed E-state index contributed by atoms with van der Waals surface area (Å²) in [6, 6.07) is 23.9. The minimum absolute atomic E-state index is 0.167. The third-order valence-corrected chi connectivity index (χ3v) is 5.51. The van der Waals surface area contributed by atoms with E-state index in [4.69, 9.17) is 0 Å². The molecule has 2 aromatic rings. The first kappa shape index (κ1) is 22.2. The highest BCUT2D eigenvalue weighted by atomic mass is 16.1. The highest BCUT2D eigenvalue weighted by Crippen LogP contribution is 2.40. The quantitative estimate of drug-likeness (QED) is 0.645. The van der Waals surface area contributed by atoms with Gasteiger partial charge in [0.1, 0.15) is 5.78 Å². The zero-order valence-corrected chi connectivity index (χ0v) is 18.1. The van der Waals surface area contributed by atoms with Crippen molar-refractivity contribution >= 4 is 17.2 Å². The third kappa shape index (κ3) is 5.68. The molecule has 2 saturated heterocycles. The number of para-hydroxylation sites is 2. The second-order valence-corrected chi connectivity index (χ2v) is 7.63. The highest BCUT2D eigenvalue weighted by Gasteiger charge is 2.40. The number of benzene rings is 2. The number of rotatable bonds is 3. The number of carbonyl (C=O) groups excluding carboxylic acids is 1. The van der Waals surface area contributed by atoms with Crippen LogP contribution in [-0.2, 0) is 4.79 Å². The molecule has 2 fully saturated rings. The van der Waals surface area contributed by atoms with Crippen LogP contribution in [0, 0.1) is 0 Å². The Kier molecular flexibility index (Phi) is 8.72. The summed E-state index contributed by atoms with van der Waals surface area (Å²) in [4.78, 5) is 14.6. The first-order chi connectivity index (χ1) is 13.6. The molecule has 0 saturated carbocycles. The van der Waals surface area contributed by atoms with Crippen molar-refractivity contribution in [2.75, 3.05) is 11.9 Å². The molecule has 28 heavy (non-hydrogen) atoms. The average molecular weight is 381 g/mol. The van der Waals surface area contributed by atoms with Crippen molar-refractivity contribution in [1.82, 2.24) is 4.90 Å². The minimum atomic E-state index is 0.167. The van der Waals surface area contributed by atoms with E-state index in [9.17, 15) is 4.79 Å². The Labute approximate surface area is 171 Å². The van der Waals surface area contributed by atoms with Crippen molar-refractivity contribution in [3.8, 4) is 0 Å². The van der Waals surface area contributed by atoms with Gasteiger partial charge in [0.25, 0.3) is 0 Å². The van der Waals surface area contributed by atoms with Crippen molar-refractivity contribution in [3.05, 3.63) is 60.7 Å². The molecule has 2 bridgehead atoms. The van der Waals surface area contributed by atoms with Gasteiger partial charge in [0.05, 0.1) is 0 Å². The lowest BCUT2D eigenvalue weighted by molar-refractivity contribution is -0.114. The van der Waals surface area contributed by atoms with Crippen LogP contribution in [0.1, 0.15) is 53.4 Å². The van der Waals surface area contributed by atoms with E-state index >= 15 is 0 Å². The van der Waals surface area contributed by atoms with E-state index in [1.54, 1.807) is 0 Å². The third-order valence-electron chi connectivity index (χ3n) is 5.51. The van der Waals surface area contributed by atoms with Crippen molar-refractivity contribution in [3.63, 3.8) is 0 Å². The molecule has 3 heteroatoms. The van der Waals surface area contributed by atoms with E-state index in [1.807, 2.05) is 13.8 Å². The van der Waals surface area contributed by atoms with Gasteiger partial charge in [0, 0.05) is 29.5 Å². The van der Waals surface area contributed by atoms with Crippen molar-refractivity contribution in [1.29, 1.82) is 0 Å². The molecule has 0 amide bonds. The van der Waals surface area contributed by atoms with Gasteiger partial charge in [-0.05, 0) is 70.8 Å². The standard InChI is InChI=1S/C20H24N2.C3H6O.C2H6/c1-21-18-12-13-19(21)15-20(14-18)22(16-8-4-2-5-9-16)17-10-6-3-7-11-17;1-3(2)4;1-2/h2-11,18-20H,12-15H2,1H3;1-2H3;1-2H3/t18-,19+,20?;;. The van der Waals surface area contributed by atoms with E-state index in [-0.39, 0.29) is 5.78 Å². The summed E-state index contributed by atoms with van der Waals surface area (Å²) in [5, 5.41) is 0. The Balaban J connectivity index is 0.000000419. The van der Waals surface area contributed by atoms with Crippen molar-refractivity contribution < 1.29 is 4.79 Å². The summed E-state index contributed by atoms with van der Waals surface area (Å²) < 4.78 is 0. The normalized spacial score (nSPS) is 23.0. The molecule has 0 spiro atoms. The van der Waals surface area contributed by atoms with Crippen LogP contribution in [0.4, 0.5) is 11.4 Å². The van der Waals surface area contributed by atoms with Gasteiger partial charge in [-0.2, -0.15) is 0 Å². The van der Waals surface area contributed by atoms with Gasteiger partial charge in [0.2, 0.25) is 0 Å². The molecule has 3 atom stereocenters. The number of carbonyl (C=O) groups is 1. The predicted molar refractivity (Wildman–Crippen MR) is 120 cm³/mol. The summed E-state index contributed by atoms with van der Waals surface area (Å²) in [5.74, 6) is 0.167. The maximum atomic E-state index is 9.44. The van der Waals surface area contributed by atoms with E-state index in [0.717, 1.165) is 12.1 Å². The Morgan fingerprint density at radius 1 is 0.821 bits per heavy atom. The molecule has 1 unspecified atom stereocenters. The molecule has 4 rings (SSSR count). The molecule has 0 aromatic heterocycles. The van der Waals surface area contributed by atoms with Gasteiger partial charge in [-0.3, -0.25) is 0 Å². The number of Topliss-reactive ketones (excluding diaryl/α,β-unsaturated/α-hetero) is 1. The molecule has 0 aliphatic carbocycles. The number of ketones is 1. The summed E-state index contributed by atoms with van der Waals surface area (Å²) >= 11 is 0. The zero-order valence-electron chi connectivity index (χ0n) is 18.1. The second kappa shape index (κ2) is 11.0. The van der Waals surface area contributed by atoms with Crippen LogP contribution in [0.25, 0.3) is 0 Å². The fourth-order valence-electron chi connectivity index (χ4n) is 4.34. The summed E-state index contributed by atoms with van der Waals surface area (Å²) in [5.41, 5.74) is 2.64. The number of hydrogen-bond acceptors (Lipinski definition) is 3. The largest absolute Gasteiger partial charge is 0.338 e. The van der Waals surface area contributed by atoms with Gasteiger partial charge >= 0.3 is 0 Å². The lowest BCUT2D eigenvalue weighted by Crippen LogP contribution is -2.47. The maximum absolute atomic E-state index is 9.44. The fourth-order valence-corrected chi connectivity index (χ4v) is 4.34. The summed E-state index contributed by atoms with van der Waals surface area (Å²) in [6.07, 6.45) is 5.29. The second-order valence-electron chi connectivity index (χ2n) is 7.63. The van der Waals surface area contributed by atoms with Gasteiger partial charge in [-0.1, -0.05) is 50.2 Å². The SMILES string of the molecule is CC.CC(C)=O.CN1[C@@H]2CC[C@H]1CC(N(c1ccccc1)c1ccccc1)C2. The molecule has 3 nitrogen and oxygen atoms in total. The summed E-state index contributed by atoms with van der Waals surface area (Å²) in [6.45, 7) is 7.06. The van der Waals surface area contributed by atoms with Crippen LogP contribution in [0.2, 0.25) is 0 Å². The Morgan fingerprint density at radius 2 is 1.18 bits per heavy atom. The Bertz CT molecular complexity index is 644. The van der Waals surface area contributed by atoms with Gasteiger partial charge in [-0.15, -0.1) is 0 Å². The molecule has 2 aliphatic rings. The molecule has 2 aromatic carbocycles. The smallest absolute Gasteiger partial charge is 0.126 e. The van der Waals surface area contributed by atoms with Crippen LogP contribution >= 0.6 is 0 Å². The van der Waals surface area contributed by atoms with E-state index in [1.165, 1.54) is 50.9 Å². The van der Waals surface area contributed by atoms with Crippen LogP contribution in [-0.4, -0.2) is 35.9 Å². The lowest BCUT2D eigenvalue weighted by Gasteiger charge is -2.43. The number of nitrogens with zero attached hydrogens (tertiary/aromatic N) is 2. The fraction of sp³-hybridized carbons (Fsp3) is 0.480. The number of hydrogen-bond donors (Lipinski definition) is 0. The van der Waals surface area contributed by atoms with Gasteiger partial charge in [0.15, 0.2) is 0 Å². The molecule has 2 heterocycles. The van der Waals surface area contributed by atoms with E-state index in [0.29, 0.717) is 6.04 Å². The van der Waals surface area contributed by atoms with Crippen molar-refractivity contribution in [2.45, 2.75) is 71.5 Å². The monoisotopic (exact) mass is 380 g/mol. The minimum Gasteiger partial charge on any atom is -0.338 e. The Hall–Kier alpha value is -2.13. The molecular formula is C25H36N2O. The predicted octanol–water partition coefficient (Wildman–Crippen LogP) is 6.07. The molecule has 152 valence electrons. The molecule has 0 radical (unpaired) electrons. The van der Waals surface area contributed by atoms with E-state index < -0.39 is 0 Å².